The van der Waals surface area contributed by atoms with Crippen LogP contribution in [0.3, 0.4) is 0 Å². The first-order chi connectivity index (χ1) is 31.8. The van der Waals surface area contributed by atoms with Gasteiger partial charge in [0, 0.05) is 59.1 Å². The number of carboxylic acids is 2. The quantitative estimate of drug-likeness (QED) is 0.0460. The SMILES string of the molecule is COCCc1ccc(OCC(O)CNC(C)C)cc1.COCCc1ccc(OCC(O)CNC(C)C)cc1.COCCc1ccc(OCC(O)CNC(C)C)cc1.O=C(O)C(O)C(O)C(=O)O. The van der Waals surface area contributed by atoms with E-state index in [0.717, 1.165) is 56.3 Å². The van der Waals surface area contributed by atoms with Gasteiger partial charge in [-0.1, -0.05) is 77.9 Å². The molecule has 0 saturated heterocycles. The summed E-state index contributed by atoms with van der Waals surface area (Å²) in [6, 6.07) is 24.8. The number of rotatable bonds is 30. The number of ether oxygens (including phenoxy) is 6. The van der Waals surface area contributed by atoms with E-state index in [4.69, 9.17) is 48.8 Å². The number of carboxylic acid groups (broad SMARTS) is 2. The number of aliphatic hydroxyl groups excluding tert-OH is 5. The molecule has 5 unspecified atom stereocenters. The highest BCUT2D eigenvalue weighted by molar-refractivity contribution is 5.83. The van der Waals surface area contributed by atoms with E-state index in [-0.39, 0.29) is 0 Å². The van der Waals surface area contributed by atoms with E-state index in [1.54, 1.807) is 21.3 Å². The number of methoxy groups -OCH3 is 3. The van der Waals surface area contributed by atoms with Gasteiger partial charge in [0.25, 0.3) is 0 Å². The van der Waals surface area contributed by atoms with Gasteiger partial charge in [-0.15, -0.1) is 0 Å². The zero-order chi connectivity index (χ0) is 50.6. The second-order valence-corrected chi connectivity index (χ2v) is 16.3. The average Bonchev–Trinajstić information content (AvgIpc) is 3.31. The maximum atomic E-state index is 9.77. The number of hydrogen-bond donors (Lipinski definition) is 10. The van der Waals surface area contributed by atoms with Gasteiger partial charge in [-0.05, 0) is 72.4 Å². The van der Waals surface area contributed by atoms with Crippen LogP contribution in [-0.4, -0.2) is 177 Å². The second-order valence-electron chi connectivity index (χ2n) is 16.3. The summed E-state index contributed by atoms with van der Waals surface area (Å²) in [5.41, 5.74) is 3.66. The normalized spacial score (nSPS) is 13.1. The topological polar surface area (TPSA) is 267 Å². The van der Waals surface area contributed by atoms with Crippen LogP contribution < -0.4 is 30.2 Å². The van der Waals surface area contributed by atoms with Crippen LogP contribution in [0.15, 0.2) is 72.8 Å². The standard InChI is InChI=1S/3C15H25NO3.C4H6O6/c3*1-12(2)16-10-14(17)11-19-15-6-4-13(5-7-15)8-9-18-3;5-1(3(7)8)2(6)4(9)10/h3*4-7,12,14,16-17H,8-11H2,1-3H3;1-2,5-6H,(H,7,8)(H,9,10). The van der Waals surface area contributed by atoms with E-state index in [2.05, 4.69) is 16.0 Å². The van der Waals surface area contributed by atoms with E-state index >= 15 is 0 Å². The molecular weight excluding hydrogens is 871 g/mol. The minimum absolute atomic E-state index is 0.303. The third-order valence-electron chi connectivity index (χ3n) is 8.97. The number of carbonyl (C=O) groups is 2. The van der Waals surface area contributed by atoms with Gasteiger partial charge in [-0.2, -0.15) is 0 Å². The highest BCUT2D eigenvalue weighted by atomic mass is 16.5. The van der Waals surface area contributed by atoms with Crippen molar-refractivity contribution in [3.05, 3.63) is 89.5 Å². The lowest BCUT2D eigenvalue weighted by Crippen LogP contribution is -2.39. The Morgan fingerprint density at radius 2 is 0.657 bits per heavy atom. The molecule has 5 atom stereocenters. The lowest BCUT2D eigenvalue weighted by atomic mass is 10.1. The van der Waals surface area contributed by atoms with Crippen molar-refractivity contribution in [3.63, 3.8) is 0 Å². The molecule has 67 heavy (non-hydrogen) atoms. The zero-order valence-corrected chi connectivity index (χ0v) is 40.9. The molecule has 0 fully saturated rings. The van der Waals surface area contributed by atoms with Crippen LogP contribution in [0.4, 0.5) is 0 Å². The highest BCUT2D eigenvalue weighted by Gasteiger charge is 2.29. The molecule has 0 aliphatic rings. The molecule has 0 bridgehead atoms. The Bertz CT molecular complexity index is 1470. The van der Waals surface area contributed by atoms with Crippen molar-refractivity contribution in [2.45, 2.75) is 109 Å². The first-order valence-electron chi connectivity index (χ1n) is 22.5. The van der Waals surface area contributed by atoms with Crippen molar-refractivity contribution in [1.29, 1.82) is 0 Å². The average molecular weight is 952 g/mol. The third kappa shape index (κ3) is 34.5. The van der Waals surface area contributed by atoms with E-state index in [0.29, 0.717) is 57.6 Å². The van der Waals surface area contributed by atoms with E-state index < -0.39 is 42.5 Å². The summed E-state index contributed by atoms with van der Waals surface area (Å²) >= 11 is 0. The maximum Gasteiger partial charge on any atom is 0.335 e. The van der Waals surface area contributed by atoms with E-state index in [1.807, 2.05) is 114 Å². The molecule has 0 aliphatic heterocycles. The number of aliphatic hydroxyl groups is 5. The van der Waals surface area contributed by atoms with Gasteiger partial charge < -0.3 is 80.1 Å². The summed E-state index contributed by atoms with van der Waals surface area (Å²) in [6.45, 7) is 17.0. The van der Waals surface area contributed by atoms with Gasteiger partial charge in [0.2, 0.25) is 0 Å². The van der Waals surface area contributed by atoms with Crippen molar-refractivity contribution in [2.24, 2.45) is 0 Å². The first-order valence-corrected chi connectivity index (χ1v) is 22.5. The second kappa shape index (κ2) is 38.5. The van der Waals surface area contributed by atoms with Crippen molar-refractivity contribution >= 4 is 11.9 Å². The third-order valence-corrected chi connectivity index (χ3v) is 8.97. The zero-order valence-electron chi connectivity index (χ0n) is 40.9. The monoisotopic (exact) mass is 952 g/mol. The minimum Gasteiger partial charge on any atom is -0.491 e. The van der Waals surface area contributed by atoms with Crippen LogP contribution in [0.25, 0.3) is 0 Å². The van der Waals surface area contributed by atoms with Gasteiger partial charge in [-0.3, -0.25) is 0 Å². The molecule has 18 nitrogen and oxygen atoms in total. The molecule has 10 N–H and O–H groups in total. The lowest BCUT2D eigenvalue weighted by molar-refractivity contribution is -0.165. The maximum absolute atomic E-state index is 9.77. The summed E-state index contributed by atoms with van der Waals surface area (Å²) in [5, 5.41) is 71.2. The molecule has 0 radical (unpaired) electrons. The fourth-order valence-corrected chi connectivity index (χ4v) is 5.06. The molecule has 0 heterocycles. The minimum atomic E-state index is -2.27. The molecule has 0 amide bonds. The van der Waals surface area contributed by atoms with Crippen molar-refractivity contribution in [1.82, 2.24) is 16.0 Å². The molecular formula is C49H81N3O15. The van der Waals surface area contributed by atoms with Crippen LogP contribution in [0.2, 0.25) is 0 Å². The Morgan fingerprint density at radius 1 is 0.433 bits per heavy atom. The smallest absolute Gasteiger partial charge is 0.335 e. The van der Waals surface area contributed by atoms with Crippen LogP contribution in [0.1, 0.15) is 58.2 Å². The molecule has 382 valence electrons. The van der Waals surface area contributed by atoms with Crippen molar-refractivity contribution in [3.8, 4) is 17.2 Å². The molecule has 0 spiro atoms. The predicted molar refractivity (Wildman–Crippen MR) is 257 cm³/mol. The Balaban J connectivity index is 0.000000888. The van der Waals surface area contributed by atoms with Crippen LogP contribution in [0.5, 0.6) is 17.2 Å². The van der Waals surface area contributed by atoms with Crippen LogP contribution in [0, 0.1) is 0 Å². The molecule has 3 rings (SSSR count). The molecule has 3 aromatic rings. The summed E-state index contributed by atoms with van der Waals surface area (Å²) in [7, 11) is 5.10. The van der Waals surface area contributed by atoms with Gasteiger partial charge in [0.15, 0.2) is 12.2 Å². The Labute approximate surface area is 397 Å². The van der Waals surface area contributed by atoms with Gasteiger partial charge in [-0.25, -0.2) is 9.59 Å². The first kappa shape index (κ1) is 62.6. The molecule has 0 aromatic heterocycles. The van der Waals surface area contributed by atoms with Gasteiger partial charge >= 0.3 is 11.9 Å². The van der Waals surface area contributed by atoms with Crippen LogP contribution in [-0.2, 0) is 43.1 Å². The summed E-state index contributed by atoms with van der Waals surface area (Å²) < 4.78 is 31.7. The van der Waals surface area contributed by atoms with Crippen LogP contribution >= 0.6 is 0 Å². The Morgan fingerprint density at radius 3 is 0.836 bits per heavy atom. The Hall–Kier alpha value is -4.44. The lowest BCUT2D eigenvalue weighted by Gasteiger charge is -2.15. The highest BCUT2D eigenvalue weighted by Crippen LogP contribution is 2.15. The fraction of sp³-hybridized carbons (Fsp3) is 0.592. The summed E-state index contributed by atoms with van der Waals surface area (Å²) in [6.07, 6.45) is -3.30. The predicted octanol–water partition coefficient (Wildman–Crippen LogP) is 2.72. The number of aliphatic carboxylic acids is 2. The van der Waals surface area contributed by atoms with Crippen molar-refractivity contribution in [2.75, 3.05) is 80.6 Å². The molecule has 0 aliphatic carbocycles. The molecule has 3 aromatic carbocycles. The number of benzene rings is 3. The van der Waals surface area contributed by atoms with E-state index in [1.165, 1.54) is 16.7 Å². The van der Waals surface area contributed by atoms with Gasteiger partial charge in [0.05, 0.1) is 19.8 Å². The van der Waals surface area contributed by atoms with Gasteiger partial charge in [0.1, 0.15) is 55.4 Å². The van der Waals surface area contributed by atoms with Crippen molar-refractivity contribution < 1.29 is 73.8 Å². The Kier molecular flexibility index (Phi) is 36.0. The summed E-state index contributed by atoms with van der Waals surface area (Å²) in [5.74, 6) is -1.19. The summed E-state index contributed by atoms with van der Waals surface area (Å²) in [4.78, 5) is 19.5. The number of nitrogens with one attached hydrogen (secondary N) is 3. The number of hydrogen-bond acceptors (Lipinski definition) is 16. The fourth-order valence-electron chi connectivity index (χ4n) is 5.06. The van der Waals surface area contributed by atoms with E-state index in [9.17, 15) is 24.9 Å². The molecule has 18 heteroatoms. The molecule has 0 saturated carbocycles. The largest absolute Gasteiger partial charge is 0.491 e.